The molecule has 2 aromatic rings. The Hall–Kier alpha value is -2.15. The number of hydrogen-bond donors (Lipinski definition) is 1. The monoisotopic (exact) mass is 277 g/mol. The number of nitro benzene ring substituents is 1. The number of fused-ring (bicyclic) bond motifs is 1. The molecule has 1 aromatic heterocycles. The highest BCUT2D eigenvalue weighted by molar-refractivity contribution is 5.83. The van der Waals surface area contributed by atoms with Gasteiger partial charge >= 0.3 is 0 Å². The summed E-state index contributed by atoms with van der Waals surface area (Å²) < 4.78 is 10.9. The number of ether oxygens (including phenoxy) is 1. The van der Waals surface area contributed by atoms with Crippen molar-refractivity contribution < 1.29 is 14.1 Å². The van der Waals surface area contributed by atoms with Crippen molar-refractivity contribution in [2.75, 3.05) is 25.1 Å². The van der Waals surface area contributed by atoms with Gasteiger partial charge in [-0.1, -0.05) is 6.07 Å². The molecule has 1 saturated heterocycles. The van der Waals surface area contributed by atoms with Crippen molar-refractivity contribution in [3.05, 3.63) is 28.3 Å². The Bertz CT molecular complexity index is 619. The molecule has 0 radical (unpaired) electrons. The third kappa shape index (κ3) is 2.57. The van der Waals surface area contributed by atoms with Gasteiger partial charge in [0.2, 0.25) is 0 Å². The Kier molecular flexibility index (Phi) is 3.51. The molecule has 1 unspecified atom stereocenters. The van der Waals surface area contributed by atoms with E-state index in [1.807, 2.05) is 0 Å². The van der Waals surface area contributed by atoms with Crippen molar-refractivity contribution in [3.8, 4) is 0 Å². The fourth-order valence-corrected chi connectivity index (χ4v) is 2.36. The van der Waals surface area contributed by atoms with Crippen LogP contribution < -0.4 is 5.32 Å². The number of nitro groups is 1. The van der Waals surface area contributed by atoms with E-state index in [0.29, 0.717) is 24.1 Å². The SMILES string of the molecule is O=[N+]([O-])c1cccc2oc(NCC3CCCOC3)nc12. The highest BCUT2D eigenvalue weighted by Gasteiger charge is 2.18. The van der Waals surface area contributed by atoms with Gasteiger partial charge < -0.3 is 14.5 Å². The van der Waals surface area contributed by atoms with E-state index in [-0.39, 0.29) is 11.2 Å². The van der Waals surface area contributed by atoms with Crippen LogP contribution in [-0.2, 0) is 4.74 Å². The molecule has 0 saturated carbocycles. The lowest BCUT2D eigenvalue weighted by molar-refractivity contribution is -0.383. The van der Waals surface area contributed by atoms with E-state index in [9.17, 15) is 10.1 Å². The first-order chi connectivity index (χ1) is 9.74. The fraction of sp³-hybridized carbons (Fsp3) is 0.462. The topological polar surface area (TPSA) is 90.4 Å². The van der Waals surface area contributed by atoms with Crippen LogP contribution in [0.3, 0.4) is 0 Å². The van der Waals surface area contributed by atoms with Crippen molar-refractivity contribution in [1.82, 2.24) is 4.98 Å². The Morgan fingerprint density at radius 3 is 3.15 bits per heavy atom. The van der Waals surface area contributed by atoms with Gasteiger partial charge in [-0.3, -0.25) is 10.1 Å². The molecule has 1 aromatic carbocycles. The predicted molar refractivity (Wildman–Crippen MR) is 72.7 cm³/mol. The molecule has 3 rings (SSSR count). The minimum atomic E-state index is -0.455. The van der Waals surface area contributed by atoms with Crippen molar-refractivity contribution in [1.29, 1.82) is 0 Å². The fourth-order valence-electron chi connectivity index (χ4n) is 2.36. The minimum absolute atomic E-state index is 0.0414. The van der Waals surface area contributed by atoms with Crippen LogP contribution in [0.25, 0.3) is 11.1 Å². The summed E-state index contributed by atoms with van der Waals surface area (Å²) in [6.07, 6.45) is 2.17. The van der Waals surface area contributed by atoms with Crippen molar-refractivity contribution in [3.63, 3.8) is 0 Å². The highest BCUT2D eigenvalue weighted by Crippen LogP contribution is 2.27. The van der Waals surface area contributed by atoms with Gasteiger partial charge in [0.1, 0.15) is 0 Å². The molecule has 7 nitrogen and oxygen atoms in total. The molecule has 0 aliphatic carbocycles. The van der Waals surface area contributed by atoms with Crippen LogP contribution in [0.15, 0.2) is 22.6 Å². The van der Waals surface area contributed by atoms with Crippen LogP contribution in [0.2, 0.25) is 0 Å². The number of para-hydroxylation sites is 1. The number of nitrogens with zero attached hydrogens (tertiary/aromatic N) is 2. The molecule has 2 heterocycles. The first-order valence-electron chi connectivity index (χ1n) is 6.59. The zero-order valence-corrected chi connectivity index (χ0v) is 10.9. The number of non-ortho nitro benzene ring substituents is 1. The van der Waals surface area contributed by atoms with Gasteiger partial charge in [0, 0.05) is 19.2 Å². The summed E-state index contributed by atoms with van der Waals surface area (Å²) in [4.78, 5) is 14.6. The van der Waals surface area contributed by atoms with Gasteiger partial charge in [-0.25, -0.2) is 0 Å². The lowest BCUT2D eigenvalue weighted by Crippen LogP contribution is -2.24. The van der Waals surface area contributed by atoms with Crippen LogP contribution in [0.1, 0.15) is 12.8 Å². The predicted octanol–water partition coefficient (Wildman–Crippen LogP) is 2.57. The van der Waals surface area contributed by atoms with Crippen LogP contribution in [0, 0.1) is 16.0 Å². The van der Waals surface area contributed by atoms with Crippen LogP contribution in [-0.4, -0.2) is 29.7 Å². The second-order valence-corrected chi connectivity index (χ2v) is 4.86. The molecule has 106 valence electrons. The molecule has 0 spiro atoms. The van der Waals surface area contributed by atoms with Gasteiger partial charge in [-0.2, -0.15) is 4.98 Å². The maximum atomic E-state index is 10.9. The molecule has 1 N–H and O–H groups in total. The first-order valence-corrected chi connectivity index (χ1v) is 6.59. The normalized spacial score (nSPS) is 19.1. The molecule has 1 atom stereocenters. The third-order valence-corrected chi connectivity index (χ3v) is 3.39. The lowest BCUT2D eigenvalue weighted by Gasteiger charge is -2.21. The Morgan fingerprint density at radius 1 is 1.50 bits per heavy atom. The van der Waals surface area contributed by atoms with Crippen LogP contribution in [0.5, 0.6) is 0 Å². The molecule has 1 aliphatic rings. The van der Waals surface area contributed by atoms with Gasteiger partial charge in [0.15, 0.2) is 11.1 Å². The molecule has 0 bridgehead atoms. The second kappa shape index (κ2) is 5.46. The number of hydrogen-bond acceptors (Lipinski definition) is 6. The molecular weight excluding hydrogens is 262 g/mol. The summed E-state index contributed by atoms with van der Waals surface area (Å²) in [6.45, 7) is 2.25. The first kappa shape index (κ1) is 12.9. The van der Waals surface area contributed by atoms with Gasteiger partial charge in [-0.15, -0.1) is 0 Å². The van der Waals surface area contributed by atoms with E-state index in [1.54, 1.807) is 12.1 Å². The van der Waals surface area contributed by atoms with E-state index >= 15 is 0 Å². The number of benzene rings is 1. The quantitative estimate of drug-likeness (QED) is 0.682. The van der Waals surface area contributed by atoms with Gasteiger partial charge in [0.25, 0.3) is 11.7 Å². The summed E-state index contributed by atoms with van der Waals surface area (Å²) in [5.41, 5.74) is 0.654. The lowest BCUT2D eigenvalue weighted by atomic mass is 10.0. The molecule has 0 amide bonds. The van der Waals surface area contributed by atoms with E-state index in [4.69, 9.17) is 9.15 Å². The number of aromatic nitrogens is 1. The second-order valence-electron chi connectivity index (χ2n) is 4.86. The minimum Gasteiger partial charge on any atom is -0.423 e. The van der Waals surface area contributed by atoms with E-state index < -0.39 is 4.92 Å². The van der Waals surface area contributed by atoms with Gasteiger partial charge in [-0.05, 0) is 24.8 Å². The largest absolute Gasteiger partial charge is 0.423 e. The number of anilines is 1. The Labute approximate surface area is 115 Å². The maximum absolute atomic E-state index is 10.9. The van der Waals surface area contributed by atoms with Crippen LogP contribution >= 0.6 is 0 Å². The molecule has 20 heavy (non-hydrogen) atoms. The zero-order chi connectivity index (χ0) is 13.9. The maximum Gasteiger partial charge on any atom is 0.298 e. The molecular formula is C13H15N3O4. The van der Waals surface area contributed by atoms with Crippen molar-refractivity contribution >= 4 is 22.8 Å². The standard InChI is InChI=1S/C13H15N3O4/c17-16(18)10-4-1-5-11-12(10)15-13(20-11)14-7-9-3-2-6-19-8-9/h1,4-5,9H,2-3,6-8H2,(H,14,15). The summed E-state index contributed by atoms with van der Waals surface area (Å²) >= 11 is 0. The summed E-state index contributed by atoms with van der Waals surface area (Å²) in [7, 11) is 0. The zero-order valence-electron chi connectivity index (χ0n) is 10.9. The summed E-state index contributed by atoms with van der Waals surface area (Å²) in [5.74, 6) is 0.425. The molecule has 1 aliphatic heterocycles. The average molecular weight is 277 g/mol. The van der Waals surface area contributed by atoms with E-state index in [2.05, 4.69) is 10.3 Å². The van der Waals surface area contributed by atoms with Crippen molar-refractivity contribution in [2.24, 2.45) is 5.92 Å². The number of nitrogens with one attached hydrogen (secondary N) is 1. The molecule has 1 fully saturated rings. The third-order valence-electron chi connectivity index (χ3n) is 3.39. The van der Waals surface area contributed by atoms with Crippen molar-refractivity contribution in [2.45, 2.75) is 12.8 Å². The highest BCUT2D eigenvalue weighted by atomic mass is 16.6. The average Bonchev–Trinajstić information content (AvgIpc) is 2.88. The number of rotatable bonds is 4. The summed E-state index contributed by atoms with van der Waals surface area (Å²) in [6, 6.07) is 5.00. The van der Waals surface area contributed by atoms with E-state index in [0.717, 1.165) is 26.1 Å². The van der Waals surface area contributed by atoms with Crippen LogP contribution in [0.4, 0.5) is 11.7 Å². The summed E-state index contributed by atoms with van der Waals surface area (Å²) in [5, 5.41) is 14.0. The smallest absolute Gasteiger partial charge is 0.298 e. The Balaban J connectivity index is 1.75. The molecule has 7 heteroatoms. The van der Waals surface area contributed by atoms with Gasteiger partial charge in [0.05, 0.1) is 11.5 Å². The van der Waals surface area contributed by atoms with E-state index in [1.165, 1.54) is 6.07 Å². The number of oxazole rings is 1. The Morgan fingerprint density at radius 2 is 2.40 bits per heavy atom.